The van der Waals surface area contributed by atoms with Gasteiger partial charge in [-0.05, 0) is 30.2 Å². The maximum absolute atomic E-state index is 5.83. The van der Waals surface area contributed by atoms with E-state index in [1.165, 1.54) is 0 Å². The Labute approximate surface area is 109 Å². The van der Waals surface area contributed by atoms with Gasteiger partial charge in [-0.25, -0.2) is 0 Å². The van der Waals surface area contributed by atoms with Crippen LogP contribution in [-0.4, -0.2) is 11.6 Å². The quantitative estimate of drug-likeness (QED) is 0.825. The molecular formula is C12H11Cl2NO2. The Balaban J connectivity index is 2.33. The van der Waals surface area contributed by atoms with Gasteiger partial charge < -0.3 is 9.15 Å². The van der Waals surface area contributed by atoms with Crippen LogP contribution >= 0.6 is 23.2 Å². The summed E-state index contributed by atoms with van der Waals surface area (Å²) in [5, 5.41) is 0.737. The standard InChI is InChI=1S/C12H11Cl2NO2/c1-2-7-16-11-10(15-12(14)17-11)8-3-5-9(13)6-4-8/h3-6H,2,7H2,1H3. The van der Waals surface area contributed by atoms with Crippen molar-refractivity contribution in [3.63, 3.8) is 0 Å². The van der Waals surface area contributed by atoms with Crippen molar-refractivity contribution in [3.05, 3.63) is 34.6 Å². The molecular weight excluding hydrogens is 261 g/mol. The largest absolute Gasteiger partial charge is 0.464 e. The summed E-state index contributed by atoms with van der Waals surface area (Å²) >= 11 is 11.6. The van der Waals surface area contributed by atoms with E-state index in [-0.39, 0.29) is 5.35 Å². The molecule has 1 aromatic carbocycles. The summed E-state index contributed by atoms with van der Waals surface area (Å²) in [6, 6.07) is 7.25. The summed E-state index contributed by atoms with van der Waals surface area (Å²) in [4.78, 5) is 4.09. The van der Waals surface area contributed by atoms with E-state index in [1.54, 1.807) is 12.1 Å². The molecule has 0 radical (unpaired) electrons. The van der Waals surface area contributed by atoms with Crippen molar-refractivity contribution < 1.29 is 9.15 Å². The van der Waals surface area contributed by atoms with Crippen molar-refractivity contribution >= 4 is 23.2 Å². The number of halogens is 2. The first-order chi connectivity index (χ1) is 8.20. The van der Waals surface area contributed by atoms with Crippen LogP contribution in [0.4, 0.5) is 0 Å². The maximum atomic E-state index is 5.83. The van der Waals surface area contributed by atoms with Crippen LogP contribution in [0.5, 0.6) is 5.95 Å². The average molecular weight is 272 g/mol. The molecule has 0 fully saturated rings. The van der Waals surface area contributed by atoms with E-state index in [4.69, 9.17) is 32.4 Å². The summed E-state index contributed by atoms with van der Waals surface area (Å²) in [6.45, 7) is 2.58. The highest BCUT2D eigenvalue weighted by molar-refractivity contribution is 6.30. The molecule has 1 heterocycles. The van der Waals surface area contributed by atoms with Gasteiger partial charge in [-0.2, -0.15) is 4.98 Å². The monoisotopic (exact) mass is 271 g/mol. The summed E-state index contributed by atoms with van der Waals surface area (Å²) in [7, 11) is 0. The Morgan fingerprint density at radius 1 is 1.24 bits per heavy atom. The fourth-order valence-corrected chi connectivity index (χ4v) is 1.64. The van der Waals surface area contributed by atoms with Gasteiger partial charge in [0.15, 0.2) is 5.69 Å². The van der Waals surface area contributed by atoms with Gasteiger partial charge in [0.1, 0.15) is 0 Å². The molecule has 0 unspecified atom stereocenters. The van der Waals surface area contributed by atoms with Gasteiger partial charge in [-0.15, -0.1) is 0 Å². The predicted octanol–water partition coefficient (Wildman–Crippen LogP) is 4.44. The summed E-state index contributed by atoms with van der Waals surface area (Å²) in [6.07, 6.45) is 0.887. The lowest BCUT2D eigenvalue weighted by atomic mass is 10.2. The lowest BCUT2D eigenvalue weighted by molar-refractivity contribution is 0.245. The van der Waals surface area contributed by atoms with E-state index in [0.717, 1.165) is 12.0 Å². The second-order valence-corrected chi connectivity index (χ2v) is 4.22. The number of nitrogens with zero attached hydrogens (tertiary/aromatic N) is 1. The highest BCUT2D eigenvalue weighted by atomic mass is 35.5. The van der Waals surface area contributed by atoms with E-state index in [0.29, 0.717) is 23.3 Å². The molecule has 90 valence electrons. The normalized spacial score (nSPS) is 10.5. The zero-order valence-corrected chi connectivity index (χ0v) is 10.8. The number of benzene rings is 1. The first kappa shape index (κ1) is 12.3. The lowest BCUT2D eigenvalue weighted by Crippen LogP contribution is -1.95. The van der Waals surface area contributed by atoms with Crippen molar-refractivity contribution in [2.75, 3.05) is 6.61 Å². The van der Waals surface area contributed by atoms with Gasteiger partial charge in [0.2, 0.25) is 0 Å². The smallest absolute Gasteiger partial charge is 0.314 e. The van der Waals surface area contributed by atoms with Crippen LogP contribution in [0.25, 0.3) is 11.3 Å². The van der Waals surface area contributed by atoms with Gasteiger partial charge in [0, 0.05) is 10.6 Å². The average Bonchev–Trinajstić information content (AvgIpc) is 2.69. The Hall–Kier alpha value is -1.19. The van der Waals surface area contributed by atoms with Crippen LogP contribution in [-0.2, 0) is 0 Å². The highest BCUT2D eigenvalue weighted by Gasteiger charge is 2.15. The minimum absolute atomic E-state index is 0.0704. The van der Waals surface area contributed by atoms with E-state index in [1.807, 2.05) is 19.1 Å². The van der Waals surface area contributed by atoms with E-state index in [2.05, 4.69) is 4.98 Å². The molecule has 0 saturated heterocycles. The third-order valence-corrected chi connectivity index (χ3v) is 2.54. The van der Waals surface area contributed by atoms with Crippen LogP contribution in [0.1, 0.15) is 13.3 Å². The molecule has 0 aliphatic heterocycles. The molecule has 3 nitrogen and oxygen atoms in total. The minimum Gasteiger partial charge on any atom is -0.464 e. The zero-order valence-electron chi connectivity index (χ0n) is 9.24. The van der Waals surface area contributed by atoms with E-state index < -0.39 is 0 Å². The Morgan fingerprint density at radius 2 is 1.94 bits per heavy atom. The van der Waals surface area contributed by atoms with Crippen molar-refractivity contribution in [1.29, 1.82) is 0 Å². The fourth-order valence-electron chi connectivity index (χ4n) is 1.36. The molecule has 0 aliphatic carbocycles. The molecule has 0 bridgehead atoms. The van der Waals surface area contributed by atoms with E-state index in [9.17, 15) is 0 Å². The molecule has 2 aromatic rings. The molecule has 17 heavy (non-hydrogen) atoms. The SMILES string of the molecule is CCCOc1oc(Cl)nc1-c1ccc(Cl)cc1. The second kappa shape index (κ2) is 5.43. The number of hydrogen-bond donors (Lipinski definition) is 0. The van der Waals surface area contributed by atoms with Crippen LogP contribution in [0, 0.1) is 0 Å². The maximum Gasteiger partial charge on any atom is 0.314 e. The molecule has 0 atom stereocenters. The van der Waals surface area contributed by atoms with Crippen molar-refractivity contribution in [2.24, 2.45) is 0 Å². The predicted molar refractivity (Wildman–Crippen MR) is 67.7 cm³/mol. The van der Waals surface area contributed by atoms with Crippen LogP contribution < -0.4 is 4.74 Å². The van der Waals surface area contributed by atoms with Crippen molar-refractivity contribution in [3.8, 4) is 17.2 Å². The molecule has 0 saturated carbocycles. The number of aromatic nitrogens is 1. The Morgan fingerprint density at radius 3 is 2.59 bits per heavy atom. The minimum atomic E-state index is 0.0704. The summed E-state index contributed by atoms with van der Waals surface area (Å²) in [5.41, 5.74) is 1.45. The summed E-state index contributed by atoms with van der Waals surface area (Å²) in [5.74, 6) is 0.346. The number of rotatable bonds is 4. The van der Waals surface area contributed by atoms with Crippen LogP contribution in [0.2, 0.25) is 10.4 Å². The molecule has 0 spiro atoms. The molecule has 0 aliphatic rings. The highest BCUT2D eigenvalue weighted by Crippen LogP contribution is 2.32. The summed E-state index contributed by atoms with van der Waals surface area (Å²) < 4.78 is 10.6. The topological polar surface area (TPSA) is 35.3 Å². The number of oxazole rings is 1. The van der Waals surface area contributed by atoms with E-state index >= 15 is 0 Å². The molecule has 0 amide bonds. The van der Waals surface area contributed by atoms with Gasteiger partial charge >= 0.3 is 5.95 Å². The molecule has 2 rings (SSSR count). The molecule has 0 N–H and O–H groups in total. The number of hydrogen-bond acceptors (Lipinski definition) is 3. The van der Waals surface area contributed by atoms with Crippen LogP contribution in [0.15, 0.2) is 28.7 Å². The van der Waals surface area contributed by atoms with Crippen molar-refractivity contribution in [2.45, 2.75) is 13.3 Å². The first-order valence-electron chi connectivity index (χ1n) is 5.25. The third kappa shape index (κ3) is 2.93. The van der Waals surface area contributed by atoms with Gasteiger partial charge in [-0.1, -0.05) is 30.7 Å². The van der Waals surface area contributed by atoms with Crippen molar-refractivity contribution in [1.82, 2.24) is 4.98 Å². The first-order valence-corrected chi connectivity index (χ1v) is 6.01. The Kier molecular flexibility index (Phi) is 3.92. The molecule has 5 heteroatoms. The third-order valence-electron chi connectivity index (χ3n) is 2.12. The van der Waals surface area contributed by atoms with Gasteiger partial charge in [0.25, 0.3) is 5.35 Å². The molecule has 1 aromatic heterocycles. The van der Waals surface area contributed by atoms with Gasteiger partial charge in [-0.3, -0.25) is 0 Å². The lowest BCUT2D eigenvalue weighted by Gasteiger charge is -2.02. The number of ether oxygens (including phenoxy) is 1. The van der Waals surface area contributed by atoms with Gasteiger partial charge in [0.05, 0.1) is 6.61 Å². The van der Waals surface area contributed by atoms with Crippen LogP contribution in [0.3, 0.4) is 0 Å². The second-order valence-electron chi connectivity index (χ2n) is 3.46. The Bertz CT molecular complexity index is 494. The zero-order chi connectivity index (χ0) is 12.3. The fraction of sp³-hybridized carbons (Fsp3) is 0.250.